The third-order valence-corrected chi connectivity index (χ3v) is 4.59. The topological polar surface area (TPSA) is 57.4 Å². The summed E-state index contributed by atoms with van der Waals surface area (Å²) in [7, 11) is 0. The molecule has 0 unspecified atom stereocenters. The number of benzene rings is 2. The number of Topliss-reactive ketones (excluding diaryl/α,β-unsaturated/α-hetero) is 1. The van der Waals surface area contributed by atoms with Gasteiger partial charge in [-0.05, 0) is 30.3 Å². The van der Waals surface area contributed by atoms with E-state index < -0.39 is 0 Å². The van der Waals surface area contributed by atoms with Gasteiger partial charge in [0.25, 0.3) is 0 Å². The quantitative estimate of drug-likeness (QED) is 0.703. The summed E-state index contributed by atoms with van der Waals surface area (Å²) in [6, 6.07) is 16.1. The Bertz CT molecular complexity index is 864. The number of anilines is 2. The number of aromatic nitrogens is 1. The van der Waals surface area contributed by atoms with Crippen LogP contribution in [0.3, 0.4) is 0 Å². The minimum Gasteiger partial charge on any atom is -0.378 e. The number of para-hydroxylation sites is 1. The van der Waals surface area contributed by atoms with E-state index in [1.165, 1.54) is 5.69 Å². The second-order valence-corrected chi connectivity index (χ2v) is 6.17. The zero-order chi connectivity index (χ0) is 17.1. The molecule has 25 heavy (non-hydrogen) atoms. The Labute approximate surface area is 146 Å². The third kappa shape index (κ3) is 3.37. The van der Waals surface area contributed by atoms with Crippen LogP contribution in [-0.2, 0) is 4.74 Å². The van der Waals surface area contributed by atoms with Gasteiger partial charge in [-0.3, -0.25) is 4.79 Å². The highest BCUT2D eigenvalue weighted by molar-refractivity contribution is 6.09. The lowest BCUT2D eigenvalue weighted by atomic mass is 10.1. The Hall–Kier alpha value is -2.79. The standard InChI is InChI=1S/C20H21N3O2/c24-20(18-13-22-19-4-2-1-3-17(18)19)14-21-15-5-7-16(8-6-15)23-9-11-25-12-10-23/h1-8,13,21-22H,9-12,14H2. The van der Waals surface area contributed by atoms with E-state index in [1.807, 2.05) is 36.4 Å². The van der Waals surface area contributed by atoms with Crippen LogP contribution in [0.2, 0.25) is 0 Å². The number of ketones is 1. The van der Waals surface area contributed by atoms with Gasteiger partial charge in [0.2, 0.25) is 0 Å². The van der Waals surface area contributed by atoms with Gasteiger partial charge in [-0.25, -0.2) is 0 Å². The number of hydrogen-bond donors (Lipinski definition) is 2. The van der Waals surface area contributed by atoms with Gasteiger partial charge in [0.1, 0.15) is 0 Å². The molecule has 0 amide bonds. The number of nitrogens with zero attached hydrogens (tertiary/aromatic N) is 1. The smallest absolute Gasteiger partial charge is 0.183 e. The maximum absolute atomic E-state index is 12.5. The summed E-state index contributed by atoms with van der Waals surface area (Å²) in [6.07, 6.45) is 1.79. The zero-order valence-corrected chi connectivity index (χ0v) is 14.0. The summed E-state index contributed by atoms with van der Waals surface area (Å²) in [6.45, 7) is 3.68. The molecule has 5 heteroatoms. The van der Waals surface area contributed by atoms with E-state index in [9.17, 15) is 4.79 Å². The SMILES string of the molecule is O=C(CNc1ccc(N2CCOCC2)cc1)c1c[nH]c2ccccc12. The number of fused-ring (bicyclic) bond motifs is 1. The van der Waals surface area contributed by atoms with E-state index in [4.69, 9.17) is 4.74 Å². The number of rotatable bonds is 5. The van der Waals surface area contributed by atoms with Crippen molar-refractivity contribution in [2.45, 2.75) is 0 Å². The van der Waals surface area contributed by atoms with Gasteiger partial charge in [0, 0.05) is 47.1 Å². The fourth-order valence-electron chi connectivity index (χ4n) is 3.19. The number of carbonyl (C=O) groups is 1. The number of aromatic amines is 1. The Morgan fingerprint density at radius 1 is 1.08 bits per heavy atom. The second-order valence-electron chi connectivity index (χ2n) is 6.17. The monoisotopic (exact) mass is 335 g/mol. The second kappa shape index (κ2) is 6.99. The molecule has 1 aromatic heterocycles. The summed E-state index contributed by atoms with van der Waals surface area (Å²) < 4.78 is 5.38. The van der Waals surface area contributed by atoms with Gasteiger partial charge in [0.05, 0.1) is 19.8 Å². The molecule has 5 nitrogen and oxygen atoms in total. The van der Waals surface area contributed by atoms with Crippen LogP contribution in [0.25, 0.3) is 10.9 Å². The normalized spacial score (nSPS) is 14.6. The van der Waals surface area contributed by atoms with E-state index >= 15 is 0 Å². The van der Waals surface area contributed by atoms with Crippen LogP contribution >= 0.6 is 0 Å². The molecule has 0 spiro atoms. The lowest BCUT2D eigenvalue weighted by Crippen LogP contribution is -2.36. The predicted molar refractivity (Wildman–Crippen MR) is 101 cm³/mol. The van der Waals surface area contributed by atoms with Gasteiger partial charge in [0.15, 0.2) is 5.78 Å². The van der Waals surface area contributed by atoms with Crippen LogP contribution in [0.5, 0.6) is 0 Å². The van der Waals surface area contributed by atoms with Crippen molar-refractivity contribution in [1.82, 2.24) is 4.98 Å². The number of H-pyrrole nitrogens is 1. The Balaban J connectivity index is 1.40. The first kappa shape index (κ1) is 15.7. The Morgan fingerprint density at radius 2 is 1.84 bits per heavy atom. The van der Waals surface area contributed by atoms with Crippen LogP contribution in [0.4, 0.5) is 11.4 Å². The minimum atomic E-state index is 0.0784. The molecule has 2 N–H and O–H groups in total. The first-order valence-electron chi connectivity index (χ1n) is 8.57. The average molecular weight is 335 g/mol. The molecule has 0 aliphatic carbocycles. The zero-order valence-electron chi connectivity index (χ0n) is 14.0. The number of nitrogens with one attached hydrogen (secondary N) is 2. The molecule has 0 radical (unpaired) electrons. The fraction of sp³-hybridized carbons (Fsp3) is 0.250. The van der Waals surface area contributed by atoms with Gasteiger partial charge >= 0.3 is 0 Å². The van der Waals surface area contributed by atoms with Gasteiger partial charge < -0.3 is 19.9 Å². The van der Waals surface area contributed by atoms with Crippen LogP contribution in [0, 0.1) is 0 Å². The van der Waals surface area contributed by atoms with Crippen molar-refractivity contribution in [1.29, 1.82) is 0 Å². The summed E-state index contributed by atoms with van der Waals surface area (Å²) >= 11 is 0. The molecule has 1 aliphatic rings. The van der Waals surface area contributed by atoms with Crippen molar-refractivity contribution >= 4 is 28.1 Å². The molecule has 0 saturated carbocycles. The Kier molecular flexibility index (Phi) is 4.39. The van der Waals surface area contributed by atoms with E-state index in [-0.39, 0.29) is 12.3 Å². The lowest BCUT2D eigenvalue weighted by Gasteiger charge is -2.28. The van der Waals surface area contributed by atoms with Crippen molar-refractivity contribution in [3.8, 4) is 0 Å². The van der Waals surface area contributed by atoms with Crippen LogP contribution in [-0.4, -0.2) is 43.6 Å². The van der Waals surface area contributed by atoms with Crippen molar-refractivity contribution in [2.75, 3.05) is 43.1 Å². The Morgan fingerprint density at radius 3 is 2.64 bits per heavy atom. The van der Waals surface area contributed by atoms with Crippen molar-refractivity contribution < 1.29 is 9.53 Å². The molecular weight excluding hydrogens is 314 g/mol. The van der Waals surface area contributed by atoms with Gasteiger partial charge in [-0.2, -0.15) is 0 Å². The molecule has 2 aromatic carbocycles. The molecule has 3 aromatic rings. The summed E-state index contributed by atoms with van der Waals surface area (Å²) in [5.41, 5.74) is 3.86. The van der Waals surface area contributed by atoms with Crippen molar-refractivity contribution in [2.24, 2.45) is 0 Å². The molecule has 2 heterocycles. The molecule has 1 saturated heterocycles. The number of ether oxygens (including phenoxy) is 1. The van der Waals surface area contributed by atoms with E-state index in [1.54, 1.807) is 6.20 Å². The van der Waals surface area contributed by atoms with E-state index in [0.717, 1.165) is 48.5 Å². The number of morpholine rings is 1. The maximum Gasteiger partial charge on any atom is 0.183 e. The first-order chi connectivity index (χ1) is 12.3. The predicted octanol–water partition coefficient (Wildman–Crippen LogP) is 3.30. The third-order valence-electron chi connectivity index (χ3n) is 4.59. The minimum absolute atomic E-state index is 0.0784. The largest absolute Gasteiger partial charge is 0.378 e. The van der Waals surface area contributed by atoms with E-state index in [0.29, 0.717) is 0 Å². The summed E-state index contributed by atoms with van der Waals surface area (Å²) in [4.78, 5) is 18.0. The highest BCUT2D eigenvalue weighted by atomic mass is 16.5. The average Bonchev–Trinajstić information content (AvgIpc) is 3.11. The maximum atomic E-state index is 12.5. The lowest BCUT2D eigenvalue weighted by molar-refractivity contribution is 0.101. The number of carbonyl (C=O) groups excluding carboxylic acids is 1. The first-order valence-corrected chi connectivity index (χ1v) is 8.57. The van der Waals surface area contributed by atoms with Crippen LogP contribution in [0.15, 0.2) is 54.7 Å². The van der Waals surface area contributed by atoms with E-state index in [2.05, 4.69) is 27.3 Å². The number of hydrogen-bond acceptors (Lipinski definition) is 4. The highest BCUT2D eigenvalue weighted by Crippen LogP contribution is 2.20. The highest BCUT2D eigenvalue weighted by Gasteiger charge is 2.13. The molecule has 1 fully saturated rings. The van der Waals surface area contributed by atoms with Crippen molar-refractivity contribution in [3.05, 3.63) is 60.3 Å². The fourth-order valence-corrected chi connectivity index (χ4v) is 3.19. The van der Waals surface area contributed by atoms with Crippen LogP contribution < -0.4 is 10.2 Å². The molecule has 4 rings (SSSR count). The molecule has 1 aliphatic heterocycles. The molecular formula is C20H21N3O2. The molecule has 0 bridgehead atoms. The molecule has 128 valence electrons. The van der Waals surface area contributed by atoms with Gasteiger partial charge in [-0.1, -0.05) is 18.2 Å². The summed E-state index contributed by atoms with van der Waals surface area (Å²) in [5, 5.41) is 4.19. The van der Waals surface area contributed by atoms with Crippen LogP contribution in [0.1, 0.15) is 10.4 Å². The molecule has 0 atom stereocenters. The van der Waals surface area contributed by atoms with Gasteiger partial charge in [-0.15, -0.1) is 0 Å². The van der Waals surface area contributed by atoms with Crippen molar-refractivity contribution in [3.63, 3.8) is 0 Å². The summed E-state index contributed by atoms with van der Waals surface area (Å²) in [5.74, 6) is 0.0784.